The van der Waals surface area contributed by atoms with Gasteiger partial charge in [-0.05, 0) is 56.0 Å². The van der Waals surface area contributed by atoms with E-state index >= 15 is 0 Å². The second-order valence-electron chi connectivity index (χ2n) is 8.06. The maximum absolute atomic E-state index is 12.7. The Balaban J connectivity index is 1.38. The van der Waals surface area contributed by atoms with Crippen molar-refractivity contribution in [1.82, 2.24) is 9.78 Å². The Kier molecular flexibility index (Phi) is 7.18. The number of hydrogen-bond donors (Lipinski definition) is 1. The SMILES string of the molecule is Cc1nn(-c2ccccc2)c(C)c1NC(=O)COC(=O)c1ccccc1CCc1ccccc1. The molecule has 0 aliphatic heterocycles. The highest BCUT2D eigenvalue weighted by Crippen LogP contribution is 2.22. The summed E-state index contributed by atoms with van der Waals surface area (Å²) in [6, 6.07) is 27.2. The maximum atomic E-state index is 12.7. The van der Waals surface area contributed by atoms with E-state index in [2.05, 4.69) is 22.5 Å². The van der Waals surface area contributed by atoms with E-state index in [0.717, 1.165) is 23.4 Å². The van der Waals surface area contributed by atoms with Crippen molar-refractivity contribution in [2.75, 3.05) is 11.9 Å². The Morgan fingerprint density at radius 3 is 2.24 bits per heavy atom. The summed E-state index contributed by atoms with van der Waals surface area (Å²) in [6.07, 6.45) is 1.52. The van der Waals surface area contributed by atoms with Crippen LogP contribution in [-0.4, -0.2) is 28.3 Å². The molecule has 0 spiro atoms. The number of benzene rings is 3. The minimum atomic E-state index is -0.507. The van der Waals surface area contributed by atoms with Gasteiger partial charge in [-0.3, -0.25) is 4.79 Å². The van der Waals surface area contributed by atoms with Crippen LogP contribution in [0.2, 0.25) is 0 Å². The predicted molar refractivity (Wildman–Crippen MR) is 132 cm³/mol. The van der Waals surface area contributed by atoms with Crippen molar-refractivity contribution in [2.45, 2.75) is 26.7 Å². The second-order valence-corrected chi connectivity index (χ2v) is 8.06. The van der Waals surface area contributed by atoms with Crippen LogP contribution < -0.4 is 5.32 Å². The number of nitrogens with zero attached hydrogens (tertiary/aromatic N) is 2. The molecule has 0 aliphatic carbocycles. The fraction of sp³-hybridized carbons (Fsp3) is 0.179. The number of hydrogen-bond acceptors (Lipinski definition) is 4. The molecule has 6 nitrogen and oxygen atoms in total. The molecule has 6 heteroatoms. The molecule has 0 unspecified atom stereocenters. The summed E-state index contributed by atoms with van der Waals surface area (Å²) in [5, 5.41) is 7.36. The third kappa shape index (κ3) is 5.41. The molecule has 0 atom stereocenters. The number of carbonyl (C=O) groups is 2. The molecule has 0 aliphatic rings. The lowest BCUT2D eigenvalue weighted by atomic mass is 10.00. The zero-order valence-corrected chi connectivity index (χ0v) is 19.3. The predicted octanol–water partition coefficient (Wildman–Crippen LogP) is 5.07. The molecule has 4 aromatic rings. The number of aromatic nitrogens is 2. The number of anilines is 1. The summed E-state index contributed by atoms with van der Waals surface area (Å²) >= 11 is 0. The number of para-hydroxylation sites is 1. The number of rotatable bonds is 8. The first-order chi connectivity index (χ1) is 16.5. The van der Waals surface area contributed by atoms with Crippen molar-refractivity contribution >= 4 is 17.6 Å². The van der Waals surface area contributed by atoms with Crippen molar-refractivity contribution in [3.05, 3.63) is 113 Å². The lowest BCUT2D eigenvalue weighted by molar-refractivity contribution is -0.119. The lowest BCUT2D eigenvalue weighted by Gasteiger charge is -2.10. The summed E-state index contributed by atoms with van der Waals surface area (Å²) in [5.74, 6) is -0.916. The van der Waals surface area contributed by atoms with Gasteiger partial charge in [-0.1, -0.05) is 66.7 Å². The summed E-state index contributed by atoms with van der Waals surface area (Å²) < 4.78 is 7.13. The van der Waals surface area contributed by atoms with Gasteiger partial charge < -0.3 is 10.1 Å². The van der Waals surface area contributed by atoms with Gasteiger partial charge in [0.05, 0.1) is 28.3 Å². The van der Waals surface area contributed by atoms with Crippen molar-refractivity contribution in [1.29, 1.82) is 0 Å². The molecule has 0 bridgehead atoms. The van der Waals surface area contributed by atoms with Crippen molar-refractivity contribution in [3.63, 3.8) is 0 Å². The first-order valence-electron chi connectivity index (χ1n) is 11.2. The minimum absolute atomic E-state index is 0.374. The van der Waals surface area contributed by atoms with E-state index in [-0.39, 0.29) is 6.61 Å². The van der Waals surface area contributed by atoms with Gasteiger partial charge in [-0.25, -0.2) is 9.48 Å². The van der Waals surface area contributed by atoms with Crippen LogP contribution in [0.1, 0.15) is 32.9 Å². The smallest absolute Gasteiger partial charge is 0.338 e. The molecule has 1 amide bonds. The molecule has 0 saturated carbocycles. The van der Waals surface area contributed by atoms with E-state index in [4.69, 9.17) is 4.74 Å². The van der Waals surface area contributed by atoms with Crippen molar-refractivity contribution in [2.24, 2.45) is 0 Å². The fourth-order valence-corrected chi connectivity index (χ4v) is 3.89. The Morgan fingerprint density at radius 1 is 0.853 bits per heavy atom. The van der Waals surface area contributed by atoms with Gasteiger partial charge in [0.1, 0.15) is 0 Å². The Morgan fingerprint density at radius 2 is 1.50 bits per heavy atom. The average molecular weight is 454 g/mol. The van der Waals surface area contributed by atoms with E-state index in [9.17, 15) is 9.59 Å². The number of carbonyl (C=O) groups excluding carboxylic acids is 2. The van der Waals surface area contributed by atoms with Gasteiger partial charge in [0, 0.05) is 0 Å². The number of nitrogens with one attached hydrogen (secondary N) is 1. The summed E-state index contributed by atoms with van der Waals surface area (Å²) in [7, 11) is 0. The van der Waals surface area contributed by atoms with Crippen LogP contribution in [0.5, 0.6) is 0 Å². The van der Waals surface area contributed by atoms with Crippen LogP contribution >= 0.6 is 0 Å². The van der Waals surface area contributed by atoms with Gasteiger partial charge in [0.25, 0.3) is 5.91 Å². The minimum Gasteiger partial charge on any atom is -0.452 e. The standard InChI is InChI=1S/C28H27N3O3/c1-20-27(21(2)31(30-20)24-14-7-4-8-15-24)29-26(32)19-34-28(33)25-16-10-9-13-23(25)18-17-22-11-5-3-6-12-22/h3-16H,17-19H2,1-2H3,(H,29,32). The van der Waals surface area contributed by atoms with Crippen molar-refractivity contribution in [3.8, 4) is 5.69 Å². The third-order valence-corrected chi connectivity index (χ3v) is 5.65. The van der Waals surface area contributed by atoms with E-state index in [0.29, 0.717) is 23.4 Å². The largest absolute Gasteiger partial charge is 0.452 e. The molecule has 1 heterocycles. The van der Waals surface area contributed by atoms with Crippen LogP contribution in [0.3, 0.4) is 0 Å². The molecular formula is C28H27N3O3. The Labute approximate surface area is 199 Å². The number of amides is 1. The maximum Gasteiger partial charge on any atom is 0.338 e. The summed E-state index contributed by atoms with van der Waals surface area (Å²) in [5.41, 5.74) is 5.59. The second kappa shape index (κ2) is 10.6. The molecule has 34 heavy (non-hydrogen) atoms. The van der Waals surface area contributed by atoms with E-state index in [1.165, 1.54) is 5.56 Å². The highest BCUT2D eigenvalue weighted by Gasteiger charge is 2.18. The number of ether oxygens (including phenoxy) is 1. The van der Waals surface area contributed by atoms with Crippen molar-refractivity contribution < 1.29 is 14.3 Å². The highest BCUT2D eigenvalue weighted by molar-refractivity contribution is 5.96. The van der Waals surface area contributed by atoms with Gasteiger partial charge in [0.15, 0.2) is 6.61 Å². The number of esters is 1. The Hall–Kier alpha value is -4.19. The molecule has 0 fully saturated rings. The monoisotopic (exact) mass is 453 g/mol. The summed E-state index contributed by atoms with van der Waals surface area (Å²) in [6.45, 7) is 3.34. The van der Waals surface area contributed by atoms with Gasteiger partial charge >= 0.3 is 5.97 Å². The molecule has 1 N–H and O–H groups in total. The molecule has 4 rings (SSSR count). The first-order valence-corrected chi connectivity index (χ1v) is 11.2. The Bertz CT molecular complexity index is 1280. The molecular weight excluding hydrogens is 426 g/mol. The van der Waals surface area contributed by atoms with Crippen LogP contribution in [-0.2, 0) is 22.4 Å². The fourth-order valence-electron chi connectivity index (χ4n) is 3.89. The van der Waals surface area contributed by atoms with Crippen LogP contribution in [0, 0.1) is 13.8 Å². The normalized spacial score (nSPS) is 10.6. The summed E-state index contributed by atoms with van der Waals surface area (Å²) in [4.78, 5) is 25.3. The van der Waals surface area contributed by atoms with E-state index < -0.39 is 11.9 Å². The molecule has 3 aromatic carbocycles. The zero-order chi connectivity index (χ0) is 23.9. The van der Waals surface area contributed by atoms with Crippen LogP contribution in [0.4, 0.5) is 5.69 Å². The number of aryl methyl sites for hydroxylation is 3. The van der Waals surface area contributed by atoms with Crippen LogP contribution in [0.15, 0.2) is 84.9 Å². The van der Waals surface area contributed by atoms with Crippen LogP contribution in [0.25, 0.3) is 5.69 Å². The topological polar surface area (TPSA) is 73.2 Å². The van der Waals surface area contributed by atoms with Gasteiger partial charge in [-0.2, -0.15) is 5.10 Å². The van der Waals surface area contributed by atoms with E-state index in [1.54, 1.807) is 16.8 Å². The molecule has 1 aromatic heterocycles. The zero-order valence-electron chi connectivity index (χ0n) is 19.3. The lowest BCUT2D eigenvalue weighted by Crippen LogP contribution is -2.22. The first kappa shape index (κ1) is 23.0. The molecule has 172 valence electrons. The molecule has 0 saturated heterocycles. The molecule has 0 radical (unpaired) electrons. The van der Waals surface area contributed by atoms with E-state index in [1.807, 2.05) is 74.5 Å². The highest BCUT2D eigenvalue weighted by atomic mass is 16.5. The third-order valence-electron chi connectivity index (χ3n) is 5.65. The van der Waals surface area contributed by atoms with Gasteiger partial charge in [-0.15, -0.1) is 0 Å². The average Bonchev–Trinajstić information content (AvgIpc) is 3.15. The van der Waals surface area contributed by atoms with Gasteiger partial charge in [0.2, 0.25) is 0 Å². The quantitative estimate of drug-likeness (QED) is 0.378.